The molecule has 0 aliphatic carbocycles. The summed E-state index contributed by atoms with van der Waals surface area (Å²) < 4.78 is 0. The van der Waals surface area contributed by atoms with Gasteiger partial charge in [-0.2, -0.15) is 14.1 Å². The maximum atomic E-state index is 3.50. The summed E-state index contributed by atoms with van der Waals surface area (Å²) in [5.74, 6) is 0. The maximum Gasteiger partial charge on any atom is 0 e. The van der Waals surface area contributed by atoms with Gasteiger partial charge in [-0.15, -0.1) is 0 Å². The third-order valence-corrected chi connectivity index (χ3v) is 0. The molecule has 0 aromatic heterocycles. The fourth-order valence-corrected chi connectivity index (χ4v) is 0. The number of rotatable bonds is 0. The Morgan fingerprint density at radius 2 is 1.20 bits per heavy atom. The van der Waals surface area contributed by atoms with Crippen LogP contribution in [0.15, 0.2) is 0 Å². The Kier molecular flexibility index (Phi) is 296. The molecule has 0 amide bonds. The summed E-state index contributed by atoms with van der Waals surface area (Å²) in [4.78, 5) is 0. The van der Waals surface area contributed by atoms with E-state index in [1.165, 1.54) is 0 Å². The molecule has 5 heavy (non-hydrogen) atoms. The fraction of sp³-hybridized carbons (Fsp3) is 1.00. The van der Waals surface area contributed by atoms with Gasteiger partial charge in [-0.25, -0.2) is 0 Å². The molecule has 0 N–H and O–H groups in total. The van der Waals surface area contributed by atoms with Crippen molar-refractivity contribution in [1.29, 1.82) is 0 Å². The average Bonchev–Trinajstić information content (AvgIpc) is 0.918. The monoisotopic (exact) mass is 498 g/mol. The Labute approximate surface area is 40.4 Å². The van der Waals surface area contributed by atoms with Gasteiger partial charge in [-0.3, -0.25) is 0 Å². The quantitative estimate of drug-likeness (QED) is 0.466. The van der Waals surface area contributed by atoms with E-state index in [0.717, 1.165) is 0 Å². The molecule has 0 unspecified atom stereocenters. The summed E-state index contributed by atoms with van der Waals surface area (Å²) in [5.41, 5.74) is 0. The molecular formula is C2H6NReRf-. The third-order valence-electron chi connectivity index (χ3n) is 0. The molecule has 0 saturated heterocycles. The molecule has 0 atom stereocenters. The average molecular weight is 497 g/mol. The van der Waals surface area contributed by atoms with E-state index in [-0.39, 0.29) is 20.4 Å². The Morgan fingerprint density at radius 3 is 1.20 bits per heavy atom. The minimum absolute atomic E-state index is 0. The molecule has 1 radical (unpaired) electrons. The summed E-state index contributed by atoms with van der Waals surface area (Å²) in [6.45, 7) is 0. The normalized spacial score (nSPS) is 3.60. The largest absolute Gasteiger partial charge is 0.668 e. The zero-order valence-corrected chi connectivity index (χ0v) is 12.6. The van der Waals surface area contributed by atoms with Crippen LogP contribution in [0.25, 0.3) is 5.32 Å². The maximum absolute atomic E-state index is 3.50. The van der Waals surface area contributed by atoms with Gasteiger partial charge in [0.25, 0.3) is 0 Å². The van der Waals surface area contributed by atoms with Crippen LogP contribution in [0.2, 0.25) is 0 Å². The molecule has 0 aromatic carbocycles. The van der Waals surface area contributed by atoms with Gasteiger partial charge < -0.3 is 5.32 Å². The first-order valence-electron chi connectivity index (χ1n) is 0.894. The van der Waals surface area contributed by atoms with E-state index in [4.69, 9.17) is 0 Å². The number of nitrogens with zero attached hydrogens (tertiary/aromatic N) is 1. The van der Waals surface area contributed by atoms with E-state index < -0.39 is 0 Å². The van der Waals surface area contributed by atoms with Crippen molar-refractivity contribution < 1.29 is 20.4 Å². The van der Waals surface area contributed by atoms with Crippen LogP contribution in [0.3, 0.4) is 0 Å². The smallest absolute Gasteiger partial charge is 0 e. The molecule has 0 rings (SSSR count). The summed E-state index contributed by atoms with van der Waals surface area (Å²) in [6, 6.07) is 0. The van der Waals surface area contributed by atoms with Crippen LogP contribution in [0, 0.1) is 0 Å². The van der Waals surface area contributed by atoms with Crippen molar-refractivity contribution in [1.82, 2.24) is 0 Å². The van der Waals surface area contributed by atoms with Crippen molar-refractivity contribution in [2.24, 2.45) is 0 Å². The molecule has 29 valence electrons. The summed E-state index contributed by atoms with van der Waals surface area (Å²) >= 11 is 0. The minimum Gasteiger partial charge on any atom is -0.668 e. The number of hydrogen-bond acceptors (Lipinski definition) is 0. The molecule has 0 spiro atoms. The molecule has 0 bridgehead atoms. The van der Waals surface area contributed by atoms with Crippen LogP contribution in [-0.2, 0) is 20.4 Å². The van der Waals surface area contributed by atoms with Gasteiger partial charge in [0.1, 0.15) is 0 Å². The van der Waals surface area contributed by atoms with Crippen molar-refractivity contribution in [3.63, 3.8) is 0 Å². The predicted octanol–water partition coefficient (Wildman–Crippen LogP) is 0.617. The fourth-order valence-electron chi connectivity index (χ4n) is 0. The van der Waals surface area contributed by atoms with Gasteiger partial charge >= 0.3 is 0 Å². The molecule has 0 aliphatic rings. The topological polar surface area (TPSA) is 14.1 Å². The number of hydrogen-bond donors (Lipinski definition) is 0. The van der Waals surface area contributed by atoms with Crippen LogP contribution >= 0.6 is 0 Å². The molecule has 3 heteroatoms. The minimum atomic E-state index is 0. The molecule has 0 heterocycles. The zero-order valence-electron chi connectivity index (χ0n) is 3.53. The van der Waals surface area contributed by atoms with Crippen LogP contribution in [0.5, 0.6) is 0 Å². The van der Waals surface area contributed by atoms with Gasteiger partial charge in [0, 0.05) is 20.4 Å². The summed E-state index contributed by atoms with van der Waals surface area (Å²) in [5, 5.41) is 3.50. The molecule has 0 fully saturated rings. The van der Waals surface area contributed by atoms with Crippen molar-refractivity contribution in [2.75, 3.05) is 14.1 Å². The second-order valence-electron chi connectivity index (χ2n) is 0.447. The summed E-state index contributed by atoms with van der Waals surface area (Å²) in [7, 11) is 3.50. The van der Waals surface area contributed by atoms with E-state index >= 15 is 0 Å². The van der Waals surface area contributed by atoms with Crippen molar-refractivity contribution in [3.8, 4) is 0 Å². The van der Waals surface area contributed by atoms with Gasteiger partial charge in [-0.05, 0) is 0 Å². The van der Waals surface area contributed by atoms with E-state index in [2.05, 4.69) is 5.32 Å². The van der Waals surface area contributed by atoms with Gasteiger partial charge in [0.15, 0.2) is 0 Å². The second-order valence-corrected chi connectivity index (χ2v) is 0.447. The standard InChI is InChI=1S/C2H6N.Re.Rf/c1-3-2;;/h1-2H3;;/q-1;;. The van der Waals surface area contributed by atoms with Crippen molar-refractivity contribution in [3.05, 3.63) is 5.32 Å². The third kappa shape index (κ3) is 66.8. The van der Waals surface area contributed by atoms with Crippen LogP contribution in [-0.4, -0.2) is 14.1 Å². The Bertz CT molecular complexity index is 9.61. The Balaban J connectivity index is -0.0000000200. The van der Waals surface area contributed by atoms with Crippen LogP contribution in [0.4, 0.5) is 0 Å². The Morgan fingerprint density at radius 1 is 1.20 bits per heavy atom. The first-order valence-corrected chi connectivity index (χ1v) is 0.894. The first kappa shape index (κ1) is 23.0. The predicted molar refractivity (Wildman–Crippen MR) is 15.2 cm³/mol. The first-order chi connectivity index (χ1) is 1.41. The molecule has 0 aromatic rings. The van der Waals surface area contributed by atoms with E-state index in [1.807, 2.05) is 0 Å². The molecule has 0 aliphatic heterocycles. The van der Waals surface area contributed by atoms with Crippen molar-refractivity contribution >= 4 is 0 Å². The van der Waals surface area contributed by atoms with Crippen LogP contribution in [0.1, 0.15) is 0 Å². The molecule has 1 nitrogen and oxygen atoms in total. The van der Waals surface area contributed by atoms with Gasteiger partial charge in [-0.1, -0.05) is 0 Å². The molecule has 0 saturated carbocycles. The Hall–Kier alpha value is -0.378. The molecular weight excluding hydrogens is 491 g/mol. The van der Waals surface area contributed by atoms with E-state index in [9.17, 15) is 0 Å². The van der Waals surface area contributed by atoms with E-state index in [1.54, 1.807) is 14.1 Å². The van der Waals surface area contributed by atoms with E-state index in [0.29, 0.717) is 0 Å². The van der Waals surface area contributed by atoms with Gasteiger partial charge in [0.05, 0.1) is 0 Å². The van der Waals surface area contributed by atoms with Gasteiger partial charge in [0.2, 0.25) is 0 Å². The SMILES string of the molecule is C[N-]C.[Re].[Rf]. The second kappa shape index (κ2) is 64.3. The van der Waals surface area contributed by atoms with Crippen LogP contribution < -0.4 is 0 Å². The van der Waals surface area contributed by atoms with Crippen molar-refractivity contribution in [2.45, 2.75) is 0 Å². The zero-order chi connectivity index (χ0) is 2.71. The summed E-state index contributed by atoms with van der Waals surface area (Å²) in [6.07, 6.45) is 0.